The molecule has 0 atom stereocenters. The third-order valence-corrected chi connectivity index (χ3v) is 22.1. The second kappa shape index (κ2) is 16.5. The molecule has 0 bridgehead atoms. The average molecular weight is 677 g/mol. The molecule has 0 N–H and O–H groups in total. The maximum absolute atomic E-state index is 9.75. The summed E-state index contributed by atoms with van der Waals surface area (Å²) in [7, 11) is -12.0. The first-order chi connectivity index (χ1) is 12.4. The summed E-state index contributed by atoms with van der Waals surface area (Å²) in [4.78, 5) is 0. The molecule has 27 heavy (non-hydrogen) atoms. The zero-order valence-corrected chi connectivity index (χ0v) is 21.0. The zero-order valence-electron chi connectivity index (χ0n) is 14.7. The first-order valence-corrected chi connectivity index (χ1v) is 19.2. The van der Waals surface area contributed by atoms with Gasteiger partial charge in [0.15, 0.2) is 0 Å². The summed E-state index contributed by atoms with van der Waals surface area (Å²) < 4.78 is 90.8. The summed E-state index contributed by atoms with van der Waals surface area (Å²) >= 11 is 2.20. The second-order valence-electron chi connectivity index (χ2n) is 5.39. The maximum Gasteiger partial charge on any atom is 0.673 e. The zero-order chi connectivity index (χ0) is 20.8. The molecule has 0 unspecified atom stereocenters. The van der Waals surface area contributed by atoms with Gasteiger partial charge in [0.1, 0.15) is 0 Å². The van der Waals surface area contributed by atoms with Crippen LogP contribution in [-0.4, -0.2) is 77.4 Å². The minimum atomic E-state index is -6.00. The van der Waals surface area contributed by atoms with Crippen molar-refractivity contribution in [3.8, 4) is 0 Å². The Morgan fingerprint density at radius 2 is 0.741 bits per heavy atom. The SMILES string of the molecule is C1CSCCC[Te+](O[Te+]2CCCSCCC2)C1.F[B-](F)(F)F.F[B-](F)(F)F. The van der Waals surface area contributed by atoms with Gasteiger partial charge in [-0.3, -0.25) is 0 Å². The predicted molar refractivity (Wildman–Crippen MR) is 105 cm³/mol. The van der Waals surface area contributed by atoms with Crippen LogP contribution in [0, 0.1) is 0 Å². The van der Waals surface area contributed by atoms with Crippen molar-refractivity contribution in [3.63, 3.8) is 0 Å². The number of hydrogen-bond donors (Lipinski definition) is 0. The van der Waals surface area contributed by atoms with E-state index < -0.39 is 54.4 Å². The Labute approximate surface area is 179 Å². The molecule has 0 aromatic rings. The molecule has 0 aliphatic carbocycles. The standard InChI is InChI=1S/C12H24OS2Te2.2BF4/c1-5-14-6-2-10-16(9-1)13-17-11-3-7-15-8-4-12-17;2*2-1(3,4)5/h1-12H2;;/q+2;2*-1. The fraction of sp³-hybridized carbons (Fsp3) is 1.00. The summed E-state index contributed by atoms with van der Waals surface area (Å²) in [6, 6.07) is 0. The molecule has 1 nitrogen and oxygen atoms in total. The molecule has 2 heterocycles. The molecule has 15 heteroatoms. The monoisotopic (exact) mass is 682 g/mol. The number of hydrogen-bond acceptors (Lipinski definition) is 3. The van der Waals surface area contributed by atoms with E-state index in [1.165, 1.54) is 66.6 Å². The Kier molecular flexibility index (Phi) is 17.6. The summed E-state index contributed by atoms with van der Waals surface area (Å²) in [6.07, 6.45) is 5.85. The Morgan fingerprint density at radius 1 is 0.519 bits per heavy atom. The van der Waals surface area contributed by atoms with E-state index in [2.05, 4.69) is 23.5 Å². The molecule has 0 amide bonds. The Bertz CT molecular complexity index is 309. The fourth-order valence-corrected chi connectivity index (χ4v) is 24.5. The smallest absolute Gasteiger partial charge is 0.418 e. The molecule has 164 valence electrons. The normalized spacial score (nSPS) is 21.3. The first kappa shape index (κ1) is 28.8. The van der Waals surface area contributed by atoms with Gasteiger partial charge in [-0.1, -0.05) is 0 Å². The van der Waals surface area contributed by atoms with Gasteiger partial charge in [-0.2, -0.15) is 0 Å². The van der Waals surface area contributed by atoms with Crippen LogP contribution in [0.3, 0.4) is 0 Å². The molecule has 2 fully saturated rings. The topological polar surface area (TPSA) is 9.23 Å². The molecular weight excluding hydrogens is 653 g/mol. The first-order valence-electron chi connectivity index (χ1n) is 8.39. The molecule has 2 saturated heterocycles. The van der Waals surface area contributed by atoms with Crippen LogP contribution in [0.1, 0.15) is 25.7 Å². The van der Waals surface area contributed by atoms with Gasteiger partial charge in [-0.25, -0.2) is 0 Å². The van der Waals surface area contributed by atoms with E-state index in [4.69, 9.17) is 1.47 Å². The Balaban J connectivity index is 0.000000563. The molecule has 0 radical (unpaired) electrons. The van der Waals surface area contributed by atoms with Gasteiger partial charge in [0.05, 0.1) is 0 Å². The molecule has 0 spiro atoms. The van der Waals surface area contributed by atoms with Crippen molar-refractivity contribution in [1.82, 2.24) is 0 Å². The molecule has 0 aromatic heterocycles. The quantitative estimate of drug-likeness (QED) is 0.240. The van der Waals surface area contributed by atoms with Crippen LogP contribution in [0.2, 0.25) is 17.9 Å². The number of rotatable bonds is 2. The van der Waals surface area contributed by atoms with Crippen LogP contribution in [0.15, 0.2) is 0 Å². The van der Waals surface area contributed by atoms with Crippen molar-refractivity contribution in [3.05, 3.63) is 0 Å². The van der Waals surface area contributed by atoms with E-state index in [9.17, 15) is 34.5 Å². The van der Waals surface area contributed by atoms with E-state index in [0.717, 1.165) is 0 Å². The van der Waals surface area contributed by atoms with Crippen LogP contribution in [-0.2, 0) is 1.47 Å². The predicted octanol–water partition coefficient (Wildman–Crippen LogP) is 6.64. The van der Waals surface area contributed by atoms with Gasteiger partial charge in [-0.15, -0.1) is 0 Å². The van der Waals surface area contributed by atoms with Crippen LogP contribution in [0.25, 0.3) is 0 Å². The van der Waals surface area contributed by atoms with Gasteiger partial charge in [-0.05, 0) is 0 Å². The van der Waals surface area contributed by atoms with Crippen molar-refractivity contribution in [2.75, 3.05) is 23.0 Å². The summed E-state index contributed by atoms with van der Waals surface area (Å²) in [5.41, 5.74) is 0. The Morgan fingerprint density at radius 3 is 0.963 bits per heavy atom. The summed E-state index contributed by atoms with van der Waals surface area (Å²) in [6.45, 7) is 0. The fourth-order valence-electron chi connectivity index (χ4n) is 1.97. The maximum atomic E-state index is 9.75. The van der Waals surface area contributed by atoms with Crippen LogP contribution < -0.4 is 0 Å². The summed E-state index contributed by atoms with van der Waals surface area (Å²) in [5.74, 6) is 5.64. The van der Waals surface area contributed by atoms with Crippen molar-refractivity contribution in [2.24, 2.45) is 0 Å². The van der Waals surface area contributed by atoms with E-state index >= 15 is 0 Å². The molecule has 2 aliphatic rings. The van der Waals surface area contributed by atoms with Crippen molar-refractivity contribution < 1.29 is 36.0 Å². The largest absolute Gasteiger partial charge is 0.673 e. The minimum absolute atomic E-state index is 1.07. The number of halogens is 8. The van der Waals surface area contributed by atoms with E-state index in [1.807, 2.05) is 0 Å². The van der Waals surface area contributed by atoms with Crippen LogP contribution in [0.4, 0.5) is 34.5 Å². The van der Waals surface area contributed by atoms with Crippen molar-refractivity contribution >= 4 is 78.0 Å². The third kappa shape index (κ3) is 27.8. The molecular formula is C12H24B2F8OS2Te2. The minimum Gasteiger partial charge on any atom is -0.418 e. The van der Waals surface area contributed by atoms with E-state index in [0.29, 0.717) is 0 Å². The molecule has 0 aromatic carbocycles. The molecule has 0 saturated carbocycles. The molecule has 2 aliphatic heterocycles. The number of thioether (sulfide) groups is 2. The second-order valence-corrected chi connectivity index (χ2v) is 20.5. The molecule has 2 rings (SSSR count). The van der Waals surface area contributed by atoms with E-state index in [1.54, 1.807) is 0 Å². The average Bonchev–Trinajstić information content (AvgIpc) is 2.40. The van der Waals surface area contributed by atoms with Crippen LogP contribution in [0.5, 0.6) is 0 Å². The van der Waals surface area contributed by atoms with Gasteiger partial charge in [0.2, 0.25) is 0 Å². The van der Waals surface area contributed by atoms with Gasteiger partial charge in [0.25, 0.3) is 0 Å². The van der Waals surface area contributed by atoms with Crippen LogP contribution >= 0.6 is 23.5 Å². The van der Waals surface area contributed by atoms with Gasteiger partial charge < -0.3 is 34.5 Å². The van der Waals surface area contributed by atoms with Gasteiger partial charge in [0, 0.05) is 0 Å². The van der Waals surface area contributed by atoms with Crippen molar-refractivity contribution in [2.45, 2.75) is 43.6 Å². The van der Waals surface area contributed by atoms with E-state index in [-0.39, 0.29) is 0 Å². The third-order valence-electron chi connectivity index (χ3n) is 2.84. The van der Waals surface area contributed by atoms with Crippen molar-refractivity contribution in [1.29, 1.82) is 0 Å². The Hall–Kier alpha value is 1.81. The van der Waals surface area contributed by atoms with Gasteiger partial charge >= 0.3 is 146 Å². The summed E-state index contributed by atoms with van der Waals surface area (Å²) in [5, 5.41) is 0.